The van der Waals surface area contributed by atoms with Crippen molar-refractivity contribution < 1.29 is 8.76 Å². The molecule has 1 unspecified atom stereocenters. The molecule has 0 saturated carbocycles. The number of nitrogens with one attached hydrogen (secondary N) is 1. The number of hydrogen-bond acceptors (Lipinski definition) is 2. The van der Waals surface area contributed by atoms with Crippen molar-refractivity contribution >= 4 is 11.1 Å². The third-order valence-electron chi connectivity index (χ3n) is 3.93. The third kappa shape index (κ3) is 20.1. The van der Waals surface area contributed by atoms with Crippen molar-refractivity contribution in [2.75, 3.05) is 12.4 Å². The van der Waals surface area contributed by atoms with Gasteiger partial charge in [-0.15, -0.1) is 0 Å². The lowest BCUT2D eigenvalue weighted by atomic mass is 10.0. The van der Waals surface area contributed by atoms with Crippen LogP contribution in [0.1, 0.15) is 96.8 Å². The lowest BCUT2D eigenvalue weighted by Gasteiger charge is -2.04. The summed E-state index contributed by atoms with van der Waals surface area (Å²) < 4.78 is 19.0. The topological polar surface area (TPSA) is 49.3 Å². The molecule has 128 valence electrons. The van der Waals surface area contributed by atoms with E-state index in [1.807, 2.05) is 0 Å². The molecule has 0 amide bonds. The summed E-state index contributed by atoms with van der Waals surface area (Å²) in [6, 6.07) is 0. The van der Waals surface area contributed by atoms with Crippen LogP contribution >= 0.6 is 0 Å². The van der Waals surface area contributed by atoms with Gasteiger partial charge in [-0.2, -0.15) is 0 Å². The van der Waals surface area contributed by atoms with Crippen molar-refractivity contribution in [2.24, 2.45) is 0 Å². The average molecular weight is 320 g/mol. The molecule has 0 rings (SSSR count). The van der Waals surface area contributed by atoms with Gasteiger partial charge in [-0.1, -0.05) is 90.4 Å². The highest BCUT2D eigenvalue weighted by atomic mass is 32.2. The van der Waals surface area contributed by atoms with Crippen LogP contribution in [-0.4, -0.2) is 21.2 Å². The highest BCUT2D eigenvalue weighted by Crippen LogP contribution is 2.12. The van der Waals surface area contributed by atoms with E-state index >= 15 is 0 Å². The Kier molecular flexibility index (Phi) is 18.2. The van der Waals surface area contributed by atoms with Crippen molar-refractivity contribution in [1.82, 2.24) is 5.32 Å². The van der Waals surface area contributed by atoms with Gasteiger partial charge in [0.15, 0.2) is 11.1 Å². The number of rotatable bonds is 17. The molecule has 0 aromatic carbocycles. The number of hydrogen-bond donors (Lipinski definition) is 2. The zero-order valence-electron chi connectivity index (χ0n) is 14.1. The van der Waals surface area contributed by atoms with Crippen LogP contribution in [0.2, 0.25) is 0 Å². The predicted molar refractivity (Wildman–Crippen MR) is 94.0 cm³/mol. The van der Waals surface area contributed by atoms with E-state index < -0.39 is 11.1 Å². The van der Waals surface area contributed by atoms with Gasteiger partial charge in [-0.3, -0.25) is 0 Å². The third-order valence-corrected chi connectivity index (χ3v) is 4.38. The summed E-state index contributed by atoms with van der Waals surface area (Å²) in [5.41, 5.74) is 0. The van der Waals surface area contributed by atoms with Crippen molar-refractivity contribution in [3.63, 3.8) is 0 Å². The van der Waals surface area contributed by atoms with E-state index in [-0.39, 0.29) is 5.88 Å². The Morgan fingerprint density at radius 1 is 0.714 bits per heavy atom. The normalized spacial score (nSPS) is 12.7. The predicted octanol–water partition coefficient (Wildman–Crippen LogP) is 5.24. The van der Waals surface area contributed by atoms with E-state index in [0.717, 1.165) is 13.0 Å². The highest BCUT2D eigenvalue weighted by molar-refractivity contribution is 7.79. The lowest BCUT2D eigenvalue weighted by Crippen LogP contribution is -2.19. The minimum atomic E-state index is -1.69. The monoisotopic (exact) mass is 319 g/mol. The van der Waals surface area contributed by atoms with Gasteiger partial charge in [0.05, 0.1) is 5.88 Å². The minimum absolute atomic E-state index is 0.207. The molecule has 4 heteroatoms. The summed E-state index contributed by atoms with van der Waals surface area (Å²) in [5.74, 6) is 0.207. The summed E-state index contributed by atoms with van der Waals surface area (Å²) in [5, 5.41) is 2.98. The Morgan fingerprint density at radius 2 is 1.10 bits per heavy atom. The summed E-state index contributed by atoms with van der Waals surface area (Å²) in [6.07, 6.45) is 19.1. The van der Waals surface area contributed by atoms with Gasteiger partial charge in [-0.05, 0) is 13.0 Å². The first-order chi connectivity index (χ1) is 10.3. The molecule has 0 aliphatic rings. The van der Waals surface area contributed by atoms with Gasteiger partial charge >= 0.3 is 0 Å². The Hall–Kier alpha value is 0.0700. The average Bonchev–Trinajstić information content (AvgIpc) is 2.46. The molecule has 0 radical (unpaired) electrons. The van der Waals surface area contributed by atoms with Gasteiger partial charge in [0.2, 0.25) is 0 Å². The molecule has 2 N–H and O–H groups in total. The van der Waals surface area contributed by atoms with E-state index in [1.165, 1.54) is 83.5 Å². The SMILES string of the molecule is CCCCCCCCCCCCCCCCNCS(=O)O. The van der Waals surface area contributed by atoms with Crippen LogP contribution in [0.15, 0.2) is 0 Å². The summed E-state index contributed by atoms with van der Waals surface area (Å²) in [4.78, 5) is 0. The Balaban J connectivity index is 2.95. The minimum Gasteiger partial charge on any atom is -0.305 e. The second-order valence-electron chi connectivity index (χ2n) is 6.06. The van der Waals surface area contributed by atoms with Crippen LogP contribution < -0.4 is 5.32 Å². The van der Waals surface area contributed by atoms with Crippen molar-refractivity contribution in [3.05, 3.63) is 0 Å². The van der Waals surface area contributed by atoms with Crippen LogP contribution in [0.5, 0.6) is 0 Å². The van der Waals surface area contributed by atoms with Crippen molar-refractivity contribution in [3.8, 4) is 0 Å². The van der Waals surface area contributed by atoms with Crippen LogP contribution in [0.3, 0.4) is 0 Å². The Bertz CT molecular complexity index is 225. The van der Waals surface area contributed by atoms with Gasteiger partial charge in [0.25, 0.3) is 0 Å². The molecule has 0 bridgehead atoms. The number of unbranched alkanes of at least 4 members (excludes halogenated alkanes) is 13. The van der Waals surface area contributed by atoms with Gasteiger partial charge in [0.1, 0.15) is 0 Å². The highest BCUT2D eigenvalue weighted by Gasteiger charge is 1.95. The molecule has 0 fully saturated rings. The summed E-state index contributed by atoms with van der Waals surface area (Å²) >= 11 is -1.69. The van der Waals surface area contributed by atoms with Crippen LogP contribution in [0.4, 0.5) is 0 Å². The van der Waals surface area contributed by atoms with Gasteiger partial charge in [0, 0.05) is 0 Å². The summed E-state index contributed by atoms with van der Waals surface area (Å²) in [7, 11) is 0. The smallest absolute Gasteiger partial charge is 0.167 e. The maximum atomic E-state index is 10.4. The van der Waals surface area contributed by atoms with Gasteiger partial charge in [-0.25, -0.2) is 4.21 Å². The molecule has 0 spiro atoms. The van der Waals surface area contributed by atoms with E-state index in [4.69, 9.17) is 4.55 Å². The Labute approximate surface area is 135 Å². The molecular formula is C17H37NO2S. The zero-order valence-corrected chi connectivity index (χ0v) is 14.9. The largest absolute Gasteiger partial charge is 0.305 e. The maximum Gasteiger partial charge on any atom is 0.167 e. The fraction of sp³-hybridized carbons (Fsp3) is 1.00. The quantitative estimate of drug-likeness (QED) is 0.285. The zero-order chi connectivity index (χ0) is 15.6. The molecule has 1 atom stereocenters. The van der Waals surface area contributed by atoms with E-state index in [9.17, 15) is 4.21 Å². The standard InChI is InChI=1S/C17H37NO2S/c1-2-3-4-5-6-7-8-9-10-11-12-13-14-15-16-18-17-21(19)20/h18H,2-17H2,1H3,(H,19,20). The molecule has 0 saturated heterocycles. The van der Waals surface area contributed by atoms with Crippen LogP contribution in [0, 0.1) is 0 Å². The van der Waals surface area contributed by atoms with Crippen LogP contribution in [-0.2, 0) is 11.1 Å². The second kappa shape index (κ2) is 18.1. The molecule has 0 aliphatic heterocycles. The van der Waals surface area contributed by atoms with E-state index in [1.54, 1.807) is 0 Å². The second-order valence-corrected chi connectivity index (χ2v) is 6.99. The first-order valence-corrected chi connectivity index (χ1v) is 10.3. The lowest BCUT2D eigenvalue weighted by molar-refractivity contribution is 0.529. The molecule has 3 nitrogen and oxygen atoms in total. The van der Waals surface area contributed by atoms with Crippen molar-refractivity contribution in [1.29, 1.82) is 0 Å². The molecule has 0 aliphatic carbocycles. The maximum absolute atomic E-state index is 10.4. The van der Waals surface area contributed by atoms with Gasteiger partial charge < -0.3 is 9.87 Å². The first kappa shape index (κ1) is 21.1. The molecule has 21 heavy (non-hydrogen) atoms. The molecule has 0 aromatic rings. The summed E-state index contributed by atoms with van der Waals surface area (Å²) in [6.45, 7) is 3.14. The molecular weight excluding hydrogens is 282 g/mol. The van der Waals surface area contributed by atoms with E-state index in [2.05, 4.69) is 12.2 Å². The van der Waals surface area contributed by atoms with Crippen molar-refractivity contribution in [2.45, 2.75) is 96.8 Å². The fourth-order valence-corrected chi connectivity index (χ4v) is 2.92. The Morgan fingerprint density at radius 3 is 1.48 bits per heavy atom. The molecule has 0 aromatic heterocycles. The van der Waals surface area contributed by atoms with E-state index in [0.29, 0.717) is 0 Å². The molecule has 0 heterocycles. The first-order valence-electron chi connectivity index (χ1n) is 9.05. The fourth-order valence-electron chi connectivity index (χ4n) is 2.60. The van der Waals surface area contributed by atoms with Crippen LogP contribution in [0.25, 0.3) is 0 Å².